The van der Waals surface area contributed by atoms with Gasteiger partial charge in [-0.1, -0.05) is 12.8 Å². The van der Waals surface area contributed by atoms with E-state index in [1.54, 1.807) is 11.3 Å². The molecule has 0 bridgehead atoms. The van der Waals surface area contributed by atoms with E-state index in [4.69, 9.17) is 5.41 Å². The minimum absolute atomic E-state index is 0.501. The van der Waals surface area contributed by atoms with Crippen LogP contribution in [-0.2, 0) is 13.0 Å². The van der Waals surface area contributed by atoms with Crippen LogP contribution < -0.4 is 5.49 Å². The van der Waals surface area contributed by atoms with Gasteiger partial charge >= 0.3 is 0 Å². The van der Waals surface area contributed by atoms with E-state index in [2.05, 4.69) is 21.5 Å². The number of nitrogens with one attached hydrogen (secondary N) is 1. The van der Waals surface area contributed by atoms with Crippen LogP contribution in [0.5, 0.6) is 0 Å². The van der Waals surface area contributed by atoms with Crippen molar-refractivity contribution in [2.75, 3.05) is 13.6 Å². The molecular formula is C15H20N4S. The minimum Gasteiger partial charge on any atom is -0.314 e. The lowest BCUT2D eigenvalue weighted by molar-refractivity contribution is 0.317. The van der Waals surface area contributed by atoms with Gasteiger partial charge in [0.1, 0.15) is 10.3 Å². The summed E-state index contributed by atoms with van der Waals surface area (Å²) in [5.74, 6) is 0. The molecule has 1 aliphatic carbocycles. The van der Waals surface area contributed by atoms with Crippen molar-refractivity contribution in [3.63, 3.8) is 0 Å². The van der Waals surface area contributed by atoms with Crippen molar-refractivity contribution >= 4 is 21.6 Å². The Morgan fingerprint density at radius 2 is 2.15 bits per heavy atom. The summed E-state index contributed by atoms with van der Waals surface area (Å²) < 4.78 is 2.13. The fourth-order valence-electron chi connectivity index (χ4n) is 3.61. The van der Waals surface area contributed by atoms with Gasteiger partial charge in [0.2, 0.25) is 0 Å². The first kappa shape index (κ1) is 12.5. The summed E-state index contributed by atoms with van der Waals surface area (Å²) in [6.45, 7) is 2.11. The number of nitrogens with zero attached hydrogens (tertiary/aromatic N) is 3. The summed E-state index contributed by atoms with van der Waals surface area (Å²) >= 11 is 1.78. The second-order valence-electron chi connectivity index (χ2n) is 6.11. The molecule has 2 aromatic heterocycles. The van der Waals surface area contributed by atoms with Crippen LogP contribution in [0.4, 0.5) is 0 Å². The average Bonchev–Trinajstić information content (AvgIpc) is 3.05. The smallest absolute Gasteiger partial charge is 0.136 e. The van der Waals surface area contributed by atoms with E-state index in [1.165, 1.54) is 36.1 Å². The van der Waals surface area contributed by atoms with Crippen LogP contribution in [0.1, 0.15) is 42.2 Å². The lowest BCUT2D eigenvalue weighted by Crippen LogP contribution is -2.27. The molecule has 1 N–H and O–H groups in total. The molecule has 0 atom stereocenters. The van der Waals surface area contributed by atoms with Gasteiger partial charge in [0.25, 0.3) is 0 Å². The Morgan fingerprint density at radius 1 is 1.35 bits per heavy atom. The molecule has 0 radical (unpaired) electrons. The summed E-state index contributed by atoms with van der Waals surface area (Å²) in [5.41, 5.74) is 2.09. The van der Waals surface area contributed by atoms with Gasteiger partial charge in [-0.25, -0.2) is 4.98 Å². The maximum absolute atomic E-state index is 8.63. The van der Waals surface area contributed by atoms with Gasteiger partial charge in [-0.05, 0) is 31.9 Å². The number of likely N-dealkylation sites (N-methyl/N-ethyl adjacent to an activating group) is 1. The van der Waals surface area contributed by atoms with Gasteiger partial charge in [0.15, 0.2) is 0 Å². The van der Waals surface area contributed by atoms with E-state index in [9.17, 15) is 0 Å². The van der Waals surface area contributed by atoms with Crippen LogP contribution >= 0.6 is 11.3 Å². The van der Waals surface area contributed by atoms with Crippen LogP contribution in [0.2, 0.25) is 0 Å². The van der Waals surface area contributed by atoms with Crippen molar-refractivity contribution in [3.8, 4) is 0 Å². The zero-order valence-corrected chi connectivity index (χ0v) is 12.7. The normalized spacial score (nSPS) is 20.6. The lowest BCUT2D eigenvalue weighted by atomic mass is 10.1. The van der Waals surface area contributed by atoms with Crippen molar-refractivity contribution in [2.45, 2.75) is 44.7 Å². The highest BCUT2D eigenvalue weighted by Crippen LogP contribution is 2.33. The molecule has 0 saturated heterocycles. The van der Waals surface area contributed by atoms with Crippen LogP contribution in [0, 0.1) is 5.41 Å². The molecule has 5 heteroatoms. The zero-order chi connectivity index (χ0) is 13.7. The first-order chi connectivity index (χ1) is 9.74. The van der Waals surface area contributed by atoms with Crippen molar-refractivity contribution in [3.05, 3.63) is 22.3 Å². The molecule has 20 heavy (non-hydrogen) atoms. The Balaban J connectivity index is 1.90. The number of rotatable bonds is 1. The van der Waals surface area contributed by atoms with Crippen LogP contribution in [0.15, 0.2) is 6.33 Å². The summed E-state index contributed by atoms with van der Waals surface area (Å²) in [5, 5.41) is 9.76. The molecule has 0 spiro atoms. The van der Waals surface area contributed by atoms with Gasteiger partial charge in [-0.2, -0.15) is 0 Å². The molecule has 0 unspecified atom stereocenters. The summed E-state index contributed by atoms with van der Waals surface area (Å²) in [4.78, 5) is 9.49. The molecule has 2 aromatic rings. The van der Waals surface area contributed by atoms with E-state index >= 15 is 0 Å². The van der Waals surface area contributed by atoms with E-state index in [0.29, 0.717) is 11.5 Å². The second kappa shape index (κ2) is 4.67. The third-order valence-corrected chi connectivity index (χ3v) is 5.87. The number of thiophene rings is 1. The maximum atomic E-state index is 8.63. The number of hydrogen-bond donors (Lipinski definition) is 1. The van der Waals surface area contributed by atoms with E-state index in [-0.39, 0.29) is 0 Å². The minimum atomic E-state index is 0.501. The zero-order valence-electron chi connectivity index (χ0n) is 11.9. The van der Waals surface area contributed by atoms with Crippen molar-refractivity contribution in [1.29, 1.82) is 5.41 Å². The van der Waals surface area contributed by atoms with E-state index in [1.807, 2.05) is 6.33 Å². The van der Waals surface area contributed by atoms with Crippen LogP contribution in [0.3, 0.4) is 0 Å². The van der Waals surface area contributed by atoms with Crippen LogP contribution in [0.25, 0.3) is 10.2 Å². The first-order valence-corrected chi connectivity index (χ1v) is 8.30. The molecule has 1 saturated carbocycles. The molecule has 4 rings (SSSR count). The number of aromatic nitrogens is 2. The Labute approximate surface area is 122 Å². The number of fused-ring (bicyclic) bond motifs is 3. The van der Waals surface area contributed by atoms with E-state index in [0.717, 1.165) is 29.7 Å². The highest BCUT2D eigenvalue weighted by Gasteiger charge is 2.23. The Bertz CT molecular complexity index is 708. The predicted molar refractivity (Wildman–Crippen MR) is 81.0 cm³/mol. The third kappa shape index (κ3) is 1.84. The van der Waals surface area contributed by atoms with Crippen molar-refractivity contribution in [2.24, 2.45) is 0 Å². The molecule has 1 fully saturated rings. The molecule has 106 valence electrons. The SMILES string of the molecule is CN1CCc2c(sc3ncn(C4CCCC4)c(=N)c23)C1. The van der Waals surface area contributed by atoms with Gasteiger partial charge in [-0.3, -0.25) is 5.41 Å². The fourth-order valence-corrected chi connectivity index (χ4v) is 4.88. The van der Waals surface area contributed by atoms with Gasteiger partial charge in [-0.15, -0.1) is 11.3 Å². The maximum Gasteiger partial charge on any atom is 0.136 e. The Kier molecular flexibility index (Phi) is 2.93. The molecule has 4 nitrogen and oxygen atoms in total. The molecule has 1 aliphatic heterocycles. The highest BCUT2D eigenvalue weighted by molar-refractivity contribution is 7.18. The lowest BCUT2D eigenvalue weighted by Gasteiger charge is -2.22. The summed E-state index contributed by atoms with van der Waals surface area (Å²) in [6.07, 6.45) is 7.97. The predicted octanol–water partition coefficient (Wildman–Crippen LogP) is 2.68. The third-order valence-electron chi connectivity index (χ3n) is 4.74. The fraction of sp³-hybridized carbons (Fsp3) is 0.600. The summed E-state index contributed by atoms with van der Waals surface area (Å²) in [6, 6.07) is 0.501. The Morgan fingerprint density at radius 3 is 2.95 bits per heavy atom. The Hall–Kier alpha value is -1.20. The van der Waals surface area contributed by atoms with E-state index < -0.39 is 0 Å². The highest BCUT2D eigenvalue weighted by atomic mass is 32.1. The standard InChI is InChI=1S/C15H20N4S/c1-18-7-6-11-12(8-18)20-15-13(11)14(16)19(9-17-15)10-4-2-3-5-10/h9-10,16H,2-8H2,1H3. The van der Waals surface area contributed by atoms with Crippen molar-refractivity contribution in [1.82, 2.24) is 14.5 Å². The van der Waals surface area contributed by atoms with Gasteiger partial charge < -0.3 is 9.47 Å². The largest absolute Gasteiger partial charge is 0.314 e. The van der Waals surface area contributed by atoms with Crippen LogP contribution in [-0.4, -0.2) is 28.0 Å². The quantitative estimate of drug-likeness (QED) is 0.877. The molecule has 2 aliphatic rings. The monoisotopic (exact) mass is 288 g/mol. The summed E-state index contributed by atoms with van der Waals surface area (Å²) in [7, 11) is 2.17. The van der Waals surface area contributed by atoms with Gasteiger partial charge in [0, 0.05) is 24.0 Å². The van der Waals surface area contributed by atoms with Gasteiger partial charge in [0.05, 0.1) is 11.7 Å². The second-order valence-corrected chi connectivity index (χ2v) is 7.19. The van der Waals surface area contributed by atoms with Crippen molar-refractivity contribution < 1.29 is 0 Å². The first-order valence-electron chi connectivity index (χ1n) is 7.48. The molecule has 3 heterocycles. The molecular weight excluding hydrogens is 268 g/mol. The molecule has 0 amide bonds. The molecule has 0 aromatic carbocycles. The average molecular weight is 288 g/mol. The topological polar surface area (TPSA) is 44.9 Å². The number of hydrogen-bond acceptors (Lipinski definition) is 4.